The van der Waals surface area contributed by atoms with Crippen molar-refractivity contribution in [2.45, 2.75) is 0 Å². The Kier molecular flexibility index (Phi) is 9.44. The Labute approximate surface area is 269 Å². The topological polar surface area (TPSA) is 34.1 Å². The molecule has 0 aromatic heterocycles. The van der Waals surface area contributed by atoms with Crippen LogP contribution in [0.2, 0.25) is 0 Å². The van der Waals surface area contributed by atoms with Gasteiger partial charge in [-0.3, -0.25) is 0 Å². The van der Waals surface area contributed by atoms with E-state index >= 15 is 9.59 Å². The summed E-state index contributed by atoms with van der Waals surface area (Å²) in [5.74, 6) is 0. The zero-order valence-corrected chi connectivity index (χ0v) is 29.0. The van der Waals surface area contributed by atoms with Crippen molar-refractivity contribution < 1.29 is 25.1 Å². The Bertz CT molecular complexity index is 1510. The summed E-state index contributed by atoms with van der Waals surface area (Å²) in [6.45, 7) is 0. The predicted octanol–water partition coefficient (Wildman–Crippen LogP) is 7.45. The van der Waals surface area contributed by atoms with Gasteiger partial charge in [0.25, 0.3) is 0 Å². The van der Waals surface area contributed by atoms with Crippen molar-refractivity contribution in [3.05, 3.63) is 182 Å². The Morgan fingerprint density at radius 2 is 0.500 bits per heavy atom. The van der Waals surface area contributed by atoms with Crippen LogP contribution in [0.1, 0.15) is 0 Å². The SMILES string of the molecule is O=[C]([Ir]([Cl])[C](=O)[PH](c1ccccc1)(c1ccccc1)c1ccccc1)[PH](c1ccccc1)(c1ccccc1)c1ccccc1. The first-order valence-electron chi connectivity index (χ1n) is 14.3. The molecule has 0 N–H and O–H groups in total. The molecule has 0 spiro atoms. The fourth-order valence-electron chi connectivity index (χ4n) is 6.06. The molecule has 0 saturated carbocycles. The molecule has 2 nitrogen and oxygen atoms in total. The van der Waals surface area contributed by atoms with Gasteiger partial charge in [-0.05, 0) is 0 Å². The van der Waals surface area contributed by atoms with Crippen LogP contribution in [-0.2, 0) is 15.5 Å². The van der Waals surface area contributed by atoms with Gasteiger partial charge in [-0.25, -0.2) is 0 Å². The van der Waals surface area contributed by atoms with Crippen LogP contribution in [-0.4, -0.2) is 8.08 Å². The Balaban J connectivity index is 1.64. The first-order chi connectivity index (χ1) is 21.6. The summed E-state index contributed by atoms with van der Waals surface area (Å²) >= 11 is -3.73. The van der Waals surface area contributed by atoms with E-state index in [-0.39, 0.29) is 8.08 Å². The van der Waals surface area contributed by atoms with E-state index < -0.39 is 30.0 Å². The predicted molar refractivity (Wildman–Crippen MR) is 190 cm³/mol. The molecule has 0 unspecified atom stereocenters. The van der Waals surface area contributed by atoms with Crippen LogP contribution in [0.4, 0.5) is 9.59 Å². The second-order valence-corrected chi connectivity index (χ2v) is 25.8. The molecule has 0 heterocycles. The molecule has 0 aliphatic rings. The summed E-state index contributed by atoms with van der Waals surface area (Å²) in [6, 6.07) is 59.9. The molecule has 0 radical (unpaired) electrons. The molecule has 6 aromatic carbocycles. The molecule has 0 bridgehead atoms. The zero-order valence-electron chi connectivity index (χ0n) is 23.8. The second kappa shape index (κ2) is 13.6. The van der Waals surface area contributed by atoms with Crippen molar-refractivity contribution in [1.29, 1.82) is 0 Å². The summed E-state index contributed by atoms with van der Waals surface area (Å²) in [6.07, 6.45) is 0. The van der Waals surface area contributed by atoms with Gasteiger partial charge in [0.15, 0.2) is 0 Å². The summed E-state index contributed by atoms with van der Waals surface area (Å²) in [5, 5.41) is 5.62. The Hall–Kier alpha value is -3.54. The summed E-state index contributed by atoms with van der Waals surface area (Å²) < 4.78 is -0.125. The van der Waals surface area contributed by atoms with E-state index in [2.05, 4.69) is 0 Å². The van der Waals surface area contributed by atoms with E-state index in [1.165, 1.54) is 0 Å². The van der Waals surface area contributed by atoms with E-state index in [0.29, 0.717) is 0 Å². The normalized spacial score (nSPS) is 12.6. The molecule has 0 aliphatic heterocycles. The average Bonchev–Trinajstić information content (AvgIpc) is 3.11. The number of carbonyl (C=O) groups excluding carboxylic acids is 2. The summed E-state index contributed by atoms with van der Waals surface area (Å²) in [4.78, 5) is 31.1. The molecule has 222 valence electrons. The third-order valence-corrected chi connectivity index (χ3v) is 30.0. The van der Waals surface area contributed by atoms with Crippen LogP contribution in [0.5, 0.6) is 0 Å². The van der Waals surface area contributed by atoms with Crippen LogP contribution in [0, 0.1) is 0 Å². The van der Waals surface area contributed by atoms with Crippen molar-refractivity contribution in [3.8, 4) is 0 Å². The van der Waals surface area contributed by atoms with Crippen molar-refractivity contribution in [1.82, 2.24) is 0 Å². The van der Waals surface area contributed by atoms with Gasteiger partial charge < -0.3 is 0 Å². The summed E-state index contributed by atoms with van der Waals surface area (Å²) in [7, 11) is 0.727. The van der Waals surface area contributed by atoms with Crippen LogP contribution in [0.15, 0.2) is 182 Å². The molecular weight excluding hydrogens is 778 g/mol. The molecule has 0 saturated heterocycles. The van der Waals surface area contributed by atoms with E-state index in [0.717, 1.165) is 31.8 Å². The molecule has 0 fully saturated rings. The first-order valence-corrected chi connectivity index (χ1v) is 23.7. The van der Waals surface area contributed by atoms with E-state index in [4.69, 9.17) is 9.58 Å². The Morgan fingerprint density at radius 3 is 0.659 bits per heavy atom. The van der Waals surface area contributed by atoms with E-state index in [9.17, 15) is 0 Å². The fraction of sp³-hybridized carbons (Fsp3) is 0. The van der Waals surface area contributed by atoms with Gasteiger partial charge in [0.05, 0.1) is 0 Å². The molecule has 0 atom stereocenters. The molecule has 6 heteroatoms. The van der Waals surface area contributed by atoms with Crippen molar-refractivity contribution in [2.75, 3.05) is 0 Å². The summed E-state index contributed by atoms with van der Waals surface area (Å²) in [5.41, 5.74) is 0. The number of hydrogen-bond donors (Lipinski definition) is 0. The minimum absolute atomic E-state index is 0.0626. The van der Waals surface area contributed by atoms with Crippen LogP contribution < -0.4 is 31.8 Å². The van der Waals surface area contributed by atoms with Gasteiger partial charge in [-0.1, -0.05) is 0 Å². The van der Waals surface area contributed by atoms with Crippen molar-refractivity contribution in [2.24, 2.45) is 0 Å². The van der Waals surface area contributed by atoms with Crippen molar-refractivity contribution >= 4 is 64.0 Å². The van der Waals surface area contributed by atoms with Gasteiger partial charge in [0, 0.05) is 0 Å². The van der Waals surface area contributed by atoms with E-state index in [1.54, 1.807) is 0 Å². The zero-order chi connectivity index (χ0) is 30.4. The van der Waals surface area contributed by atoms with Gasteiger partial charge in [0.2, 0.25) is 0 Å². The Morgan fingerprint density at radius 1 is 0.341 bits per heavy atom. The number of carbonyl (C=O) groups is 2. The quantitative estimate of drug-likeness (QED) is 0.135. The van der Waals surface area contributed by atoms with Gasteiger partial charge in [0.1, 0.15) is 0 Å². The third-order valence-electron chi connectivity index (χ3n) is 8.06. The van der Waals surface area contributed by atoms with Gasteiger partial charge in [-0.15, -0.1) is 0 Å². The van der Waals surface area contributed by atoms with Crippen LogP contribution in [0.3, 0.4) is 0 Å². The number of rotatable bonds is 10. The number of hydrogen-bond acceptors (Lipinski definition) is 2. The maximum atomic E-state index is 15.6. The molecular formula is C38H32ClIrO2P2. The minimum atomic E-state index is -3.73. The first kappa shape index (κ1) is 30.5. The number of benzene rings is 6. The molecule has 0 amide bonds. The average molecular weight is 810 g/mol. The monoisotopic (exact) mass is 810 g/mol. The molecule has 6 rings (SSSR count). The third kappa shape index (κ3) is 5.35. The second-order valence-electron chi connectivity index (χ2n) is 10.4. The van der Waals surface area contributed by atoms with Crippen molar-refractivity contribution in [3.63, 3.8) is 0 Å². The fourth-order valence-corrected chi connectivity index (χ4v) is 31.9. The van der Waals surface area contributed by atoms with E-state index in [1.807, 2.05) is 182 Å². The van der Waals surface area contributed by atoms with Crippen LogP contribution >= 0.6 is 24.1 Å². The molecule has 0 aliphatic carbocycles. The standard InChI is InChI=1S/2C19H16OP.ClH.Ir/c2*20-16-21(17-10-4-1-5-11-17,18-12-6-2-7-13-18)19-14-8-3-9-15-19;;/h2*1-15,21H;1H;/q;;;+1/p-1. The maximum absolute atomic E-state index is 15.6. The molecule has 6 aromatic rings. The number of halogens is 1. The molecule has 44 heavy (non-hydrogen) atoms. The van der Waals surface area contributed by atoms with Gasteiger partial charge in [-0.2, -0.15) is 0 Å². The van der Waals surface area contributed by atoms with Gasteiger partial charge >= 0.3 is 271 Å². The van der Waals surface area contributed by atoms with Crippen LogP contribution in [0.25, 0.3) is 0 Å².